The zero-order chi connectivity index (χ0) is 13.2. The molecule has 1 aromatic rings. The van der Waals surface area contributed by atoms with Gasteiger partial charge in [0.25, 0.3) is 0 Å². The lowest BCUT2D eigenvalue weighted by Gasteiger charge is -2.13. The predicted octanol–water partition coefficient (Wildman–Crippen LogP) is 2.60. The molecule has 7 heteroatoms. The molecule has 1 rings (SSSR count). The monoisotopic (exact) mass is 251 g/mol. The molecule has 3 nitrogen and oxygen atoms in total. The molecule has 0 heterocycles. The highest BCUT2D eigenvalue weighted by molar-refractivity contribution is 5.90. The van der Waals surface area contributed by atoms with Crippen LogP contribution in [0, 0.1) is 5.82 Å². The molecule has 0 aromatic heterocycles. The van der Waals surface area contributed by atoms with Crippen molar-refractivity contribution in [3.8, 4) is 0 Å². The van der Waals surface area contributed by atoms with Gasteiger partial charge in [-0.15, -0.1) is 0 Å². The van der Waals surface area contributed by atoms with Crippen LogP contribution in [-0.2, 0) is 10.9 Å². The highest BCUT2D eigenvalue weighted by atomic mass is 19.4. The first-order valence-electron chi connectivity index (χ1n) is 4.61. The highest BCUT2D eigenvalue weighted by Crippen LogP contribution is 2.36. The Balaban J connectivity index is 3.34. The Morgan fingerprint density at radius 2 is 2.00 bits per heavy atom. The van der Waals surface area contributed by atoms with Crippen molar-refractivity contribution in [3.63, 3.8) is 0 Å². The van der Waals surface area contributed by atoms with E-state index in [4.69, 9.17) is 5.73 Å². The normalized spacial score (nSPS) is 11.4. The summed E-state index contributed by atoms with van der Waals surface area (Å²) < 4.78 is 55.3. The number of alkyl halides is 3. The minimum Gasteiger partial charge on any atom is -0.462 e. The number of carbonyl (C=O) groups is 1. The Morgan fingerprint density at radius 3 is 2.47 bits per heavy atom. The number of anilines is 1. The van der Waals surface area contributed by atoms with Crippen LogP contribution in [0.25, 0.3) is 0 Å². The SMILES string of the molecule is CCOC(=O)c1ccc(N)c(C(F)(F)F)c1F. The minimum absolute atomic E-state index is 0.0655. The van der Waals surface area contributed by atoms with Gasteiger partial charge in [0.2, 0.25) is 0 Å². The summed E-state index contributed by atoms with van der Waals surface area (Å²) in [6.45, 7) is 1.39. The maximum atomic E-state index is 13.5. The summed E-state index contributed by atoms with van der Waals surface area (Å²) in [5.41, 5.74) is 1.83. The minimum atomic E-state index is -4.96. The summed E-state index contributed by atoms with van der Waals surface area (Å²) >= 11 is 0. The summed E-state index contributed by atoms with van der Waals surface area (Å²) in [4.78, 5) is 11.2. The summed E-state index contributed by atoms with van der Waals surface area (Å²) in [6, 6.07) is 1.68. The Kier molecular flexibility index (Phi) is 3.59. The summed E-state index contributed by atoms with van der Waals surface area (Å²) in [5.74, 6) is -2.87. The first-order valence-corrected chi connectivity index (χ1v) is 4.61. The topological polar surface area (TPSA) is 52.3 Å². The molecule has 17 heavy (non-hydrogen) atoms. The van der Waals surface area contributed by atoms with Crippen LogP contribution in [-0.4, -0.2) is 12.6 Å². The van der Waals surface area contributed by atoms with Crippen LogP contribution in [0.15, 0.2) is 12.1 Å². The van der Waals surface area contributed by atoms with Crippen molar-refractivity contribution in [1.29, 1.82) is 0 Å². The van der Waals surface area contributed by atoms with Crippen molar-refractivity contribution in [2.45, 2.75) is 13.1 Å². The molecule has 2 N–H and O–H groups in total. The Bertz CT molecular complexity index is 443. The lowest BCUT2D eigenvalue weighted by Crippen LogP contribution is -2.16. The molecular weight excluding hydrogens is 242 g/mol. The molecule has 0 aliphatic carbocycles. The number of carbonyl (C=O) groups excluding carboxylic acids is 1. The highest BCUT2D eigenvalue weighted by Gasteiger charge is 2.38. The van der Waals surface area contributed by atoms with E-state index in [1.54, 1.807) is 0 Å². The number of halogens is 4. The van der Waals surface area contributed by atoms with Crippen molar-refractivity contribution < 1.29 is 27.1 Å². The van der Waals surface area contributed by atoms with Gasteiger partial charge in [0.15, 0.2) is 5.82 Å². The van der Waals surface area contributed by atoms with Crippen LogP contribution in [0.2, 0.25) is 0 Å². The van der Waals surface area contributed by atoms with E-state index < -0.39 is 34.8 Å². The van der Waals surface area contributed by atoms with E-state index in [1.807, 2.05) is 0 Å². The van der Waals surface area contributed by atoms with Crippen LogP contribution >= 0.6 is 0 Å². The fourth-order valence-corrected chi connectivity index (χ4v) is 1.25. The molecule has 0 amide bonds. The van der Waals surface area contributed by atoms with Gasteiger partial charge in [-0.2, -0.15) is 13.2 Å². The lowest BCUT2D eigenvalue weighted by atomic mass is 10.1. The van der Waals surface area contributed by atoms with Crippen molar-refractivity contribution in [2.24, 2.45) is 0 Å². The van der Waals surface area contributed by atoms with Crippen molar-refractivity contribution >= 4 is 11.7 Å². The number of ether oxygens (including phenoxy) is 1. The van der Waals surface area contributed by atoms with Crippen LogP contribution in [0.4, 0.5) is 23.2 Å². The van der Waals surface area contributed by atoms with Crippen LogP contribution in [0.1, 0.15) is 22.8 Å². The second-order valence-electron chi connectivity index (χ2n) is 3.11. The summed E-state index contributed by atoms with van der Waals surface area (Å²) in [5, 5.41) is 0. The van der Waals surface area contributed by atoms with Gasteiger partial charge in [0, 0.05) is 5.69 Å². The largest absolute Gasteiger partial charge is 0.462 e. The molecule has 0 radical (unpaired) electrons. The molecular formula is C10H9F4NO2. The first-order chi connectivity index (χ1) is 7.79. The fourth-order valence-electron chi connectivity index (χ4n) is 1.25. The van der Waals surface area contributed by atoms with Gasteiger partial charge in [0.05, 0.1) is 12.2 Å². The Morgan fingerprint density at radius 1 is 1.41 bits per heavy atom. The zero-order valence-corrected chi connectivity index (χ0v) is 8.77. The number of benzene rings is 1. The first kappa shape index (κ1) is 13.3. The maximum Gasteiger partial charge on any atom is 0.421 e. The molecule has 0 atom stereocenters. The number of rotatable bonds is 2. The van der Waals surface area contributed by atoms with Gasteiger partial charge >= 0.3 is 12.1 Å². The van der Waals surface area contributed by atoms with E-state index in [1.165, 1.54) is 6.92 Å². The van der Waals surface area contributed by atoms with E-state index in [-0.39, 0.29) is 6.61 Å². The molecule has 1 aromatic carbocycles. The molecule has 0 bridgehead atoms. The van der Waals surface area contributed by atoms with E-state index in [2.05, 4.69) is 4.74 Å². The van der Waals surface area contributed by atoms with Gasteiger partial charge in [-0.05, 0) is 19.1 Å². The summed E-state index contributed by atoms with van der Waals surface area (Å²) in [6.07, 6.45) is -4.96. The second-order valence-corrected chi connectivity index (χ2v) is 3.11. The van der Waals surface area contributed by atoms with Crippen LogP contribution in [0.3, 0.4) is 0 Å². The molecule has 0 aliphatic rings. The average Bonchev–Trinajstić information content (AvgIpc) is 2.15. The lowest BCUT2D eigenvalue weighted by molar-refractivity contribution is -0.139. The summed E-state index contributed by atoms with van der Waals surface area (Å²) in [7, 11) is 0. The van der Waals surface area contributed by atoms with Gasteiger partial charge in [0.1, 0.15) is 5.56 Å². The van der Waals surface area contributed by atoms with Crippen molar-refractivity contribution in [1.82, 2.24) is 0 Å². The number of hydrogen-bond donors (Lipinski definition) is 1. The fraction of sp³-hybridized carbons (Fsp3) is 0.300. The standard InChI is InChI=1S/C10H9F4NO2/c1-2-17-9(16)5-3-4-6(15)7(8(5)11)10(12,13)14/h3-4H,2,15H2,1H3. The molecule has 0 fully saturated rings. The third-order valence-electron chi connectivity index (χ3n) is 1.95. The van der Waals surface area contributed by atoms with Gasteiger partial charge in [-0.1, -0.05) is 0 Å². The molecule has 0 unspecified atom stereocenters. The van der Waals surface area contributed by atoms with Crippen molar-refractivity contribution in [3.05, 3.63) is 29.1 Å². The number of nitrogen functional groups attached to an aromatic ring is 1. The molecule has 0 aliphatic heterocycles. The van der Waals surface area contributed by atoms with Crippen molar-refractivity contribution in [2.75, 3.05) is 12.3 Å². The zero-order valence-electron chi connectivity index (χ0n) is 8.77. The van der Waals surface area contributed by atoms with E-state index in [9.17, 15) is 22.4 Å². The number of esters is 1. The van der Waals surface area contributed by atoms with Gasteiger partial charge < -0.3 is 10.5 Å². The number of hydrogen-bond acceptors (Lipinski definition) is 3. The van der Waals surface area contributed by atoms with E-state index >= 15 is 0 Å². The quantitative estimate of drug-likeness (QED) is 0.499. The Hall–Kier alpha value is -1.79. The predicted molar refractivity (Wildman–Crippen MR) is 51.8 cm³/mol. The van der Waals surface area contributed by atoms with Crippen LogP contribution in [0.5, 0.6) is 0 Å². The molecule has 0 spiro atoms. The van der Waals surface area contributed by atoms with E-state index in [0.717, 1.165) is 12.1 Å². The third kappa shape index (κ3) is 2.66. The molecule has 0 saturated carbocycles. The molecule has 0 saturated heterocycles. The number of nitrogens with two attached hydrogens (primary N) is 1. The van der Waals surface area contributed by atoms with Gasteiger partial charge in [-0.3, -0.25) is 0 Å². The van der Waals surface area contributed by atoms with E-state index in [0.29, 0.717) is 0 Å². The Labute approximate surface area is 94.2 Å². The smallest absolute Gasteiger partial charge is 0.421 e. The molecule has 94 valence electrons. The maximum absolute atomic E-state index is 13.5. The second kappa shape index (κ2) is 4.60. The average molecular weight is 251 g/mol. The third-order valence-corrected chi connectivity index (χ3v) is 1.95. The van der Waals surface area contributed by atoms with Gasteiger partial charge in [-0.25, -0.2) is 9.18 Å². The van der Waals surface area contributed by atoms with Crippen LogP contribution < -0.4 is 5.73 Å².